The average Bonchev–Trinajstić information content (AvgIpc) is 3.68. The summed E-state index contributed by atoms with van der Waals surface area (Å²) in [7, 11) is 1.70. The Balaban J connectivity index is 1.10. The maximum absolute atomic E-state index is 13.9. The van der Waals surface area contributed by atoms with Gasteiger partial charge >= 0.3 is 0 Å². The van der Waals surface area contributed by atoms with Crippen molar-refractivity contribution in [2.24, 2.45) is 5.92 Å². The topological polar surface area (TPSA) is 73.5 Å². The van der Waals surface area contributed by atoms with Crippen molar-refractivity contribution < 1.29 is 9.53 Å². The summed E-state index contributed by atoms with van der Waals surface area (Å²) < 4.78 is 5.32. The van der Waals surface area contributed by atoms with Crippen LogP contribution in [0, 0.1) is 5.92 Å². The Morgan fingerprint density at radius 3 is 2.59 bits per heavy atom. The molecular weight excluding hydrogens is 506 g/mol. The molecule has 1 saturated heterocycles. The van der Waals surface area contributed by atoms with Gasteiger partial charge in [-0.2, -0.15) is 11.3 Å². The molecule has 8 heteroatoms. The molecule has 2 aromatic carbocycles. The van der Waals surface area contributed by atoms with Gasteiger partial charge in [-0.05, 0) is 84.3 Å². The summed E-state index contributed by atoms with van der Waals surface area (Å²) in [5, 5.41) is 8.23. The lowest BCUT2D eigenvalue weighted by Crippen LogP contribution is -2.52. The van der Waals surface area contributed by atoms with Crippen LogP contribution in [0.15, 0.2) is 65.4 Å². The molecule has 6 rings (SSSR count). The number of aromatic nitrogens is 2. The predicted molar refractivity (Wildman–Crippen MR) is 158 cm³/mol. The van der Waals surface area contributed by atoms with Crippen LogP contribution in [0.25, 0.3) is 11.0 Å². The van der Waals surface area contributed by atoms with Gasteiger partial charge in [-0.3, -0.25) is 4.79 Å². The fraction of sp³-hybridized carbons (Fsp3) is 0.419. The van der Waals surface area contributed by atoms with Crippen LogP contribution in [0.3, 0.4) is 0 Å². The number of hydrogen-bond donors (Lipinski definition) is 2. The summed E-state index contributed by atoms with van der Waals surface area (Å²) >= 11 is 1.72. The monoisotopic (exact) mass is 543 g/mol. The van der Waals surface area contributed by atoms with E-state index in [-0.39, 0.29) is 17.9 Å². The number of nitrogens with one attached hydrogen (secondary N) is 2. The highest BCUT2D eigenvalue weighted by Gasteiger charge is 2.39. The van der Waals surface area contributed by atoms with Gasteiger partial charge in [-0.25, -0.2) is 4.98 Å². The molecule has 2 aromatic heterocycles. The molecule has 204 valence electrons. The van der Waals surface area contributed by atoms with Crippen molar-refractivity contribution in [3.63, 3.8) is 0 Å². The van der Waals surface area contributed by atoms with Crippen molar-refractivity contribution in [3.8, 4) is 5.75 Å². The molecule has 1 saturated carbocycles. The lowest BCUT2D eigenvalue weighted by atomic mass is 9.73. The van der Waals surface area contributed by atoms with Crippen LogP contribution in [-0.2, 0) is 4.79 Å². The quantitative estimate of drug-likeness (QED) is 0.318. The molecule has 1 aliphatic heterocycles. The molecule has 1 aliphatic carbocycles. The summed E-state index contributed by atoms with van der Waals surface area (Å²) in [4.78, 5) is 26.5. The Bertz CT molecular complexity index is 1340. The number of imidazole rings is 1. The third-order valence-corrected chi connectivity index (χ3v) is 9.21. The van der Waals surface area contributed by atoms with Crippen molar-refractivity contribution in [1.29, 1.82) is 0 Å². The molecule has 3 heterocycles. The van der Waals surface area contributed by atoms with Gasteiger partial charge < -0.3 is 24.8 Å². The van der Waals surface area contributed by atoms with Crippen molar-refractivity contribution in [2.45, 2.75) is 44.2 Å². The first-order chi connectivity index (χ1) is 19.1. The van der Waals surface area contributed by atoms with Crippen molar-refractivity contribution >= 4 is 34.2 Å². The molecule has 0 radical (unpaired) electrons. The SMILES string of the molecule is COc1ccc([C@@H](C)N[C@@H]2CC[C@H](C(=O)N3CCN(c4nc5ccccc5[nH]4)CC3)[C@@H](c3ccsc3)C2)cc1. The number of rotatable bonds is 7. The van der Waals surface area contributed by atoms with Crippen LogP contribution in [0.2, 0.25) is 0 Å². The second kappa shape index (κ2) is 11.4. The van der Waals surface area contributed by atoms with E-state index in [1.807, 2.05) is 30.3 Å². The third-order valence-electron chi connectivity index (χ3n) is 8.51. The van der Waals surface area contributed by atoms with Gasteiger partial charge in [0, 0.05) is 44.2 Å². The summed E-state index contributed by atoms with van der Waals surface area (Å²) in [5.74, 6) is 2.37. The Hall–Kier alpha value is -3.36. The largest absolute Gasteiger partial charge is 0.497 e. The third kappa shape index (κ3) is 5.54. The Morgan fingerprint density at radius 1 is 1.08 bits per heavy atom. The smallest absolute Gasteiger partial charge is 0.226 e. The number of H-pyrrole nitrogens is 1. The van der Waals surface area contributed by atoms with Gasteiger partial charge in [0.25, 0.3) is 0 Å². The minimum atomic E-state index is 0.0340. The summed E-state index contributed by atoms with van der Waals surface area (Å²) in [6.45, 7) is 5.29. The molecular formula is C31H37N5O2S. The normalized spacial score (nSPS) is 22.7. The van der Waals surface area contributed by atoms with Crippen molar-refractivity contribution in [2.75, 3.05) is 38.2 Å². The van der Waals surface area contributed by atoms with Crippen LogP contribution in [0.5, 0.6) is 5.75 Å². The van der Waals surface area contributed by atoms with Crippen LogP contribution in [0.4, 0.5) is 5.95 Å². The molecule has 2 N–H and O–H groups in total. The zero-order valence-corrected chi connectivity index (χ0v) is 23.5. The maximum Gasteiger partial charge on any atom is 0.226 e. The number of carbonyl (C=O) groups is 1. The fourth-order valence-electron chi connectivity index (χ4n) is 6.28. The first kappa shape index (κ1) is 25.9. The zero-order chi connectivity index (χ0) is 26.8. The molecule has 7 nitrogen and oxygen atoms in total. The zero-order valence-electron chi connectivity index (χ0n) is 22.7. The van der Waals surface area contributed by atoms with Crippen LogP contribution in [0.1, 0.15) is 49.3 Å². The van der Waals surface area contributed by atoms with E-state index < -0.39 is 0 Å². The molecule has 0 spiro atoms. The van der Waals surface area contributed by atoms with E-state index in [1.165, 1.54) is 11.1 Å². The molecule has 4 aromatic rings. The number of nitrogens with zero attached hydrogens (tertiary/aromatic N) is 3. The minimum Gasteiger partial charge on any atom is -0.497 e. The number of hydrogen-bond acceptors (Lipinski definition) is 6. The van der Waals surface area contributed by atoms with Crippen LogP contribution >= 0.6 is 11.3 Å². The van der Waals surface area contributed by atoms with E-state index in [4.69, 9.17) is 9.72 Å². The highest BCUT2D eigenvalue weighted by atomic mass is 32.1. The minimum absolute atomic E-state index is 0.0340. The Kier molecular flexibility index (Phi) is 7.57. The van der Waals surface area contributed by atoms with E-state index >= 15 is 0 Å². The van der Waals surface area contributed by atoms with E-state index in [1.54, 1.807) is 18.4 Å². The number of benzene rings is 2. The van der Waals surface area contributed by atoms with E-state index in [0.717, 1.165) is 68.2 Å². The number of anilines is 1. The van der Waals surface area contributed by atoms with E-state index in [0.29, 0.717) is 11.9 Å². The number of para-hydroxylation sites is 2. The molecule has 39 heavy (non-hydrogen) atoms. The Morgan fingerprint density at radius 2 is 1.87 bits per heavy atom. The van der Waals surface area contributed by atoms with Gasteiger partial charge in [0.2, 0.25) is 11.9 Å². The standard InChI is InChI=1S/C31H37N5O2S/c1-21(22-7-10-25(38-2)11-8-22)32-24-9-12-26(27(19-24)23-13-18-39-20-23)30(37)35-14-16-36(17-15-35)31-33-28-5-3-4-6-29(28)34-31/h3-8,10-11,13,18,20-21,24,26-27,32H,9,12,14-17,19H2,1-2H3,(H,33,34)/t21-,24-,26+,27-/m1/s1. The molecule has 2 fully saturated rings. The summed E-state index contributed by atoms with van der Waals surface area (Å²) in [5.41, 5.74) is 4.60. The fourth-order valence-corrected chi connectivity index (χ4v) is 7.00. The first-order valence-corrected chi connectivity index (χ1v) is 14.9. The summed E-state index contributed by atoms with van der Waals surface area (Å²) in [6.07, 6.45) is 2.90. The van der Waals surface area contributed by atoms with Crippen molar-refractivity contribution in [3.05, 3.63) is 76.5 Å². The van der Waals surface area contributed by atoms with Gasteiger partial charge in [0.1, 0.15) is 5.75 Å². The predicted octanol–water partition coefficient (Wildman–Crippen LogP) is 5.58. The second-order valence-corrected chi connectivity index (χ2v) is 11.6. The number of aromatic amines is 1. The second-order valence-electron chi connectivity index (χ2n) is 10.8. The number of methoxy groups -OCH3 is 1. The van der Waals surface area contributed by atoms with Crippen molar-refractivity contribution in [1.82, 2.24) is 20.2 Å². The first-order valence-electron chi connectivity index (χ1n) is 14.0. The van der Waals surface area contributed by atoms with E-state index in [2.05, 4.69) is 62.0 Å². The number of thiophene rings is 1. The van der Waals surface area contributed by atoms with Gasteiger partial charge in [-0.1, -0.05) is 24.3 Å². The number of ether oxygens (including phenoxy) is 1. The highest BCUT2D eigenvalue weighted by Crippen LogP contribution is 2.40. The highest BCUT2D eigenvalue weighted by molar-refractivity contribution is 7.08. The lowest BCUT2D eigenvalue weighted by Gasteiger charge is -2.41. The molecule has 0 unspecified atom stereocenters. The number of piperazine rings is 1. The van der Waals surface area contributed by atoms with Gasteiger partial charge in [0.05, 0.1) is 18.1 Å². The summed E-state index contributed by atoms with van der Waals surface area (Å²) in [6, 6.07) is 19.2. The maximum atomic E-state index is 13.9. The lowest BCUT2D eigenvalue weighted by molar-refractivity contribution is -0.137. The van der Waals surface area contributed by atoms with E-state index in [9.17, 15) is 4.79 Å². The van der Waals surface area contributed by atoms with Crippen LogP contribution in [-0.4, -0.2) is 60.1 Å². The van der Waals surface area contributed by atoms with Gasteiger partial charge in [-0.15, -0.1) is 0 Å². The number of carbonyl (C=O) groups excluding carboxylic acids is 1. The molecule has 0 bridgehead atoms. The molecule has 1 amide bonds. The Labute approximate surface area is 234 Å². The number of fused-ring (bicyclic) bond motifs is 1. The average molecular weight is 544 g/mol. The number of amides is 1. The van der Waals surface area contributed by atoms with Crippen LogP contribution < -0.4 is 15.0 Å². The van der Waals surface area contributed by atoms with Gasteiger partial charge in [0.15, 0.2) is 0 Å². The molecule has 4 atom stereocenters. The molecule has 2 aliphatic rings.